The zero-order valence-corrected chi connectivity index (χ0v) is 15.3. The topological polar surface area (TPSA) is 67.2 Å². The molecule has 0 aromatic heterocycles. The Bertz CT molecular complexity index is 691. The Kier molecular flexibility index (Phi) is 8.25. The number of nitrogens with two attached hydrogens (primary N) is 1. The minimum atomic E-state index is -0.389. The maximum Gasteiger partial charge on any atom is 0.227 e. The van der Waals surface area contributed by atoms with E-state index in [1.165, 1.54) is 6.07 Å². The number of hydrogen-bond donors (Lipinski definition) is 3. The van der Waals surface area contributed by atoms with E-state index in [1.54, 1.807) is 13.0 Å². The normalized spacial score (nSPS) is 12.0. The van der Waals surface area contributed by atoms with Crippen LogP contribution in [-0.4, -0.2) is 32.1 Å². The molecule has 26 heavy (non-hydrogen) atoms. The van der Waals surface area contributed by atoms with Crippen molar-refractivity contribution in [3.63, 3.8) is 0 Å². The summed E-state index contributed by atoms with van der Waals surface area (Å²) in [5.41, 5.74) is 7.48. The molecule has 0 aliphatic carbocycles. The SMILES string of the molecule is C[C@H](C(=O)NCCCNCCCN)c1ccc(-c2ccccc2)c(F)c1. The molecule has 0 aliphatic heterocycles. The van der Waals surface area contributed by atoms with E-state index in [0.717, 1.165) is 31.5 Å². The van der Waals surface area contributed by atoms with Gasteiger partial charge in [-0.25, -0.2) is 4.39 Å². The summed E-state index contributed by atoms with van der Waals surface area (Å²) in [5.74, 6) is -0.782. The Labute approximate surface area is 155 Å². The minimum Gasteiger partial charge on any atom is -0.356 e. The second-order valence-electron chi connectivity index (χ2n) is 6.36. The van der Waals surface area contributed by atoms with Crippen molar-refractivity contribution in [3.8, 4) is 11.1 Å². The zero-order chi connectivity index (χ0) is 18.8. The lowest BCUT2D eigenvalue weighted by Crippen LogP contribution is -2.31. The molecule has 1 atom stereocenters. The van der Waals surface area contributed by atoms with E-state index in [1.807, 2.05) is 36.4 Å². The van der Waals surface area contributed by atoms with Gasteiger partial charge in [-0.3, -0.25) is 4.79 Å². The van der Waals surface area contributed by atoms with Gasteiger partial charge in [0.15, 0.2) is 0 Å². The third kappa shape index (κ3) is 5.93. The molecule has 0 radical (unpaired) electrons. The summed E-state index contributed by atoms with van der Waals surface area (Å²) in [5, 5.41) is 6.18. The number of nitrogens with one attached hydrogen (secondary N) is 2. The number of benzene rings is 2. The standard InChI is InChI=1S/C21H28FN3O/c1-16(21(26)25-14-6-13-24-12-5-11-23)18-9-10-19(20(22)15-18)17-7-3-2-4-8-17/h2-4,7-10,15-16,24H,5-6,11-14,23H2,1H3,(H,25,26)/t16-/m0/s1. The van der Waals surface area contributed by atoms with Gasteiger partial charge in [-0.1, -0.05) is 42.5 Å². The number of hydrogen-bond acceptors (Lipinski definition) is 3. The van der Waals surface area contributed by atoms with E-state index in [0.29, 0.717) is 24.2 Å². The third-order valence-electron chi connectivity index (χ3n) is 4.36. The predicted molar refractivity (Wildman–Crippen MR) is 104 cm³/mol. The highest BCUT2D eigenvalue weighted by molar-refractivity contribution is 5.83. The summed E-state index contributed by atoms with van der Waals surface area (Å²) >= 11 is 0. The van der Waals surface area contributed by atoms with E-state index in [4.69, 9.17) is 5.73 Å². The number of carbonyl (C=O) groups is 1. The van der Waals surface area contributed by atoms with Gasteiger partial charge in [-0.05, 0) is 56.6 Å². The molecule has 0 spiro atoms. The van der Waals surface area contributed by atoms with E-state index >= 15 is 0 Å². The largest absolute Gasteiger partial charge is 0.356 e. The molecule has 4 N–H and O–H groups in total. The highest BCUT2D eigenvalue weighted by Gasteiger charge is 2.16. The first-order valence-corrected chi connectivity index (χ1v) is 9.17. The lowest BCUT2D eigenvalue weighted by atomic mass is 9.96. The quantitative estimate of drug-likeness (QED) is 0.573. The Balaban J connectivity index is 1.86. The number of carbonyl (C=O) groups excluding carboxylic acids is 1. The molecule has 2 aromatic rings. The van der Waals surface area contributed by atoms with Crippen molar-refractivity contribution < 1.29 is 9.18 Å². The van der Waals surface area contributed by atoms with Crippen LogP contribution in [0.15, 0.2) is 48.5 Å². The van der Waals surface area contributed by atoms with Crippen LogP contribution in [0.2, 0.25) is 0 Å². The molecule has 2 aromatic carbocycles. The molecule has 0 aliphatic rings. The van der Waals surface area contributed by atoms with Crippen molar-refractivity contribution in [1.29, 1.82) is 0 Å². The zero-order valence-electron chi connectivity index (χ0n) is 15.3. The lowest BCUT2D eigenvalue weighted by Gasteiger charge is -2.14. The maximum absolute atomic E-state index is 14.5. The van der Waals surface area contributed by atoms with Gasteiger partial charge in [0.05, 0.1) is 5.92 Å². The first-order chi connectivity index (χ1) is 12.6. The number of amides is 1. The van der Waals surface area contributed by atoms with E-state index in [-0.39, 0.29) is 17.6 Å². The van der Waals surface area contributed by atoms with Gasteiger partial charge in [-0.2, -0.15) is 0 Å². The van der Waals surface area contributed by atoms with Crippen LogP contribution in [0.3, 0.4) is 0 Å². The van der Waals surface area contributed by atoms with Gasteiger partial charge in [0.2, 0.25) is 5.91 Å². The molecule has 0 fully saturated rings. The van der Waals surface area contributed by atoms with Crippen LogP contribution in [-0.2, 0) is 4.79 Å². The van der Waals surface area contributed by atoms with Crippen LogP contribution in [0.25, 0.3) is 11.1 Å². The highest BCUT2D eigenvalue weighted by atomic mass is 19.1. The maximum atomic E-state index is 14.5. The molecule has 0 saturated heterocycles. The molecule has 5 heteroatoms. The second kappa shape index (κ2) is 10.7. The molecule has 2 rings (SSSR count). The molecule has 1 amide bonds. The molecule has 0 heterocycles. The summed E-state index contributed by atoms with van der Waals surface area (Å²) in [6.07, 6.45) is 1.80. The lowest BCUT2D eigenvalue weighted by molar-refractivity contribution is -0.122. The fraction of sp³-hybridized carbons (Fsp3) is 0.381. The van der Waals surface area contributed by atoms with Crippen LogP contribution in [0, 0.1) is 5.82 Å². The van der Waals surface area contributed by atoms with Crippen LogP contribution >= 0.6 is 0 Å². The Morgan fingerprint density at radius 1 is 1.08 bits per heavy atom. The van der Waals surface area contributed by atoms with Crippen molar-refractivity contribution >= 4 is 5.91 Å². The average molecular weight is 357 g/mol. The Hall–Kier alpha value is -2.24. The van der Waals surface area contributed by atoms with Crippen LogP contribution in [0.1, 0.15) is 31.2 Å². The van der Waals surface area contributed by atoms with Crippen molar-refractivity contribution in [2.24, 2.45) is 5.73 Å². The molecule has 140 valence electrons. The summed E-state index contributed by atoms with van der Waals surface area (Å²) in [4.78, 5) is 12.3. The van der Waals surface area contributed by atoms with E-state index < -0.39 is 0 Å². The van der Waals surface area contributed by atoms with Gasteiger partial charge in [0, 0.05) is 12.1 Å². The molecule has 0 saturated carbocycles. The molecular weight excluding hydrogens is 329 g/mol. The van der Waals surface area contributed by atoms with Crippen LogP contribution in [0.5, 0.6) is 0 Å². The van der Waals surface area contributed by atoms with Gasteiger partial charge in [-0.15, -0.1) is 0 Å². The summed E-state index contributed by atoms with van der Waals surface area (Å²) < 4.78 is 14.5. The van der Waals surface area contributed by atoms with Gasteiger partial charge < -0.3 is 16.4 Å². The fourth-order valence-electron chi connectivity index (χ4n) is 2.73. The molecule has 0 bridgehead atoms. The Morgan fingerprint density at radius 3 is 2.50 bits per heavy atom. The van der Waals surface area contributed by atoms with Crippen molar-refractivity contribution in [2.45, 2.75) is 25.7 Å². The average Bonchev–Trinajstić information content (AvgIpc) is 2.67. The number of rotatable bonds is 10. The fourth-order valence-corrected chi connectivity index (χ4v) is 2.73. The van der Waals surface area contributed by atoms with Crippen LogP contribution in [0.4, 0.5) is 4.39 Å². The molecule has 4 nitrogen and oxygen atoms in total. The summed E-state index contributed by atoms with van der Waals surface area (Å²) in [6, 6.07) is 14.4. The van der Waals surface area contributed by atoms with Crippen molar-refractivity contribution in [3.05, 3.63) is 59.9 Å². The van der Waals surface area contributed by atoms with Crippen LogP contribution < -0.4 is 16.4 Å². The summed E-state index contributed by atoms with van der Waals surface area (Å²) in [6.45, 7) is 4.82. The van der Waals surface area contributed by atoms with Crippen molar-refractivity contribution in [2.75, 3.05) is 26.2 Å². The monoisotopic (exact) mass is 357 g/mol. The molecular formula is C21H28FN3O. The number of halogens is 1. The highest BCUT2D eigenvalue weighted by Crippen LogP contribution is 2.26. The minimum absolute atomic E-state index is 0.0844. The predicted octanol–water partition coefficient (Wildman–Crippen LogP) is 3.04. The van der Waals surface area contributed by atoms with Gasteiger partial charge in [0.1, 0.15) is 5.82 Å². The van der Waals surface area contributed by atoms with Gasteiger partial charge >= 0.3 is 0 Å². The van der Waals surface area contributed by atoms with E-state index in [9.17, 15) is 9.18 Å². The van der Waals surface area contributed by atoms with Gasteiger partial charge in [0.25, 0.3) is 0 Å². The first kappa shape index (κ1) is 20.1. The van der Waals surface area contributed by atoms with Crippen molar-refractivity contribution in [1.82, 2.24) is 10.6 Å². The third-order valence-corrected chi connectivity index (χ3v) is 4.36. The van der Waals surface area contributed by atoms with E-state index in [2.05, 4.69) is 10.6 Å². The molecule has 0 unspecified atom stereocenters. The first-order valence-electron chi connectivity index (χ1n) is 9.17. The second-order valence-corrected chi connectivity index (χ2v) is 6.36. The Morgan fingerprint density at radius 2 is 1.81 bits per heavy atom. The smallest absolute Gasteiger partial charge is 0.227 e. The summed E-state index contributed by atoms with van der Waals surface area (Å²) in [7, 11) is 0.